The first-order chi connectivity index (χ1) is 13.4. The van der Waals surface area contributed by atoms with Crippen molar-refractivity contribution in [2.75, 3.05) is 18.6 Å². The van der Waals surface area contributed by atoms with Crippen LogP contribution in [-0.2, 0) is 14.4 Å². The van der Waals surface area contributed by atoms with E-state index in [-0.39, 0.29) is 18.9 Å². The predicted molar refractivity (Wildman–Crippen MR) is 103 cm³/mol. The maximum absolute atomic E-state index is 12.7. The van der Waals surface area contributed by atoms with Crippen LogP contribution in [0.2, 0.25) is 0 Å². The van der Waals surface area contributed by atoms with E-state index < -0.39 is 23.8 Å². The van der Waals surface area contributed by atoms with Crippen LogP contribution in [0, 0.1) is 12.8 Å². The van der Waals surface area contributed by atoms with Gasteiger partial charge in [-0.2, -0.15) is 0 Å². The number of nitrogens with one attached hydrogen (secondary N) is 1. The molecule has 0 saturated carbocycles. The van der Waals surface area contributed by atoms with Crippen LogP contribution in [0.5, 0.6) is 5.75 Å². The minimum absolute atomic E-state index is 0.0503. The minimum atomic E-state index is -1.19. The molecule has 1 aliphatic rings. The van der Waals surface area contributed by atoms with Gasteiger partial charge in [0.25, 0.3) is 0 Å². The lowest BCUT2D eigenvalue weighted by Gasteiger charge is -2.19. The number of aryl methyl sites for hydroxylation is 1. The van der Waals surface area contributed by atoms with Gasteiger partial charge in [0.05, 0.1) is 13.0 Å². The normalized spacial score (nSPS) is 17.3. The van der Waals surface area contributed by atoms with Crippen molar-refractivity contribution in [1.82, 2.24) is 5.32 Å². The molecular formula is C21H22N2O5. The summed E-state index contributed by atoms with van der Waals surface area (Å²) in [5, 5.41) is 12.1. The monoisotopic (exact) mass is 382 g/mol. The van der Waals surface area contributed by atoms with Crippen molar-refractivity contribution in [1.29, 1.82) is 0 Å². The van der Waals surface area contributed by atoms with Gasteiger partial charge in [0.15, 0.2) is 6.04 Å². The number of hydrogen-bond donors (Lipinski definition) is 2. The molecule has 0 spiro atoms. The number of aliphatic carboxylic acids is 1. The molecule has 1 saturated heterocycles. The minimum Gasteiger partial charge on any atom is -0.497 e. The number of methoxy groups -OCH3 is 1. The maximum atomic E-state index is 12.7. The number of ether oxygens (including phenoxy) is 1. The topological polar surface area (TPSA) is 95.9 Å². The summed E-state index contributed by atoms with van der Waals surface area (Å²) in [4.78, 5) is 38.2. The molecule has 2 atom stereocenters. The maximum Gasteiger partial charge on any atom is 0.330 e. The standard InChI is InChI=1S/C21H22N2O5/c1-13-3-7-16(8-4-13)23-12-15(11-18(23)24)20(25)22-19(21(26)27)14-5-9-17(28-2)10-6-14/h3-10,15,19H,11-12H2,1-2H3,(H,22,25)(H,26,27). The quantitative estimate of drug-likeness (QED) is 0.799. The van der Waals surface area contributed by atoms with E-state index in [0.717, 1.165) is 11.3 Å². The van der Waals surface area contributed by atoms with Gasteiger partial charge in [0.2, 0.25) is 11.8 Å². The summed E-state index contributed by atoms with van der Waals surface area (Å²) in [6.07, 6.45) is 0.0503. The molecule has 1 fully saturated rings. The summed E-state index contributed by atoms with van der Waals surface area (Å²) >= 11 is 0. The van der Waals surface area contributed by atoms with Crippen LogP contribution >= 0.6 is 0 Å². The molecule has 2 amide bonds. The fraction of sp³-hybridized carbons (Fsp3) is 0.286. The number of anilines is 1. The molecule has 0 aliphatic carbocycles. The summed E-state index contributed by atoms with van der Waals surface area (Å²) in [5.74, 6) is -1.78. The van der Waals surface area contributed by atoms with Crippen molar-refractivity contribution in [3.63, 3.8) is 0 Å². The number of benzene rings is 2. The highest BCUT2D eigenvalue weighted by atomic mass is 16.5. The van der Waals surface area contributed by atoms with E-state index in [1.54, 1.807) is 29.2 Å². The number of carboxylic acid groups (broad SMARTS) is 1. The van der Waals surface area contributed by atoms with Gasteiger partial charge in [0, 0.05) is 18.7 Å². The second kappa shape index (κ2) is 8.12. The molecule has 146 valence electrons. The molecule has 0 radical (unpaired) electrons. The van der Waals surface area contributed by atoms with E-state index in [0.29, 0.717) is 11.3 Å². The van der Waals surface area contributed by atoms with E-state index in [1.165, 1.54) is 7.11 Å². The molecule has 1 heterocycles. The van der Waals surface area contributed by atoms with Crippen LogP contribution in [0.3, 0.4) is 0 Å². The van der Waals surface area contributed by atoms with E-state index in [2.05, 4.69) is 5.32 Å². The highest BCUT2D eigenvalue weighted by molar-refractivity contribution is 6.00. The fourth-order valence-electron chi connectivity index (χ4n) is 3.20. The highest BCUT2D eigenvalue weighted by Crippen LogP contribution is 2.26. The van der Waals surface area contributed by atoms with Crippen molar-refractivity contribution < 1.29 is 24.2 Å². The Hall–Kier alpha value is -3.35. The predicted octanol–water partition coefficient (Wildman–Crippen LogP) is 2.30. The second-order valence-electron chi connectivity index (χ2n) is 6.79. The van der Waals surface area contributed by atoms with E-state index in [9.17, 15) is 19.5 Å². The van der Waals surface area contributed by atoms with Gasteiger partial charge in [-0.1, -0.05) is 29.8 Å². The van der Waals surface area contributed by atoms with Gasteiger partial charge in [-0.25, -0.2) is 4.79 Å². The molecule has 2 aromatic rings. The number of hydrogen-bond acceptors (Lipinski definition) is 4. The third kappa shape index (κ3) is 4.14. The lowest BCUT2D eigenvalue weighted by molar-refractivity contribution is -0.142. The van der Waals surface area contributed by atoms with Crippen LogP contribution in [0.15, 0.2) is 48.5 Å². The van der Waals surface area contributed by atoms with Crippen molar-refractivity contribution in [2.24, 2.45) is 5.92 Å². The molecule has 28 heavy (non-hydrogen) atoms. The third-order valence-corrected chi connectivity index (χ3v) is 4.82. The largest absolute Gasteiger partial charge is 0.497 e. The SMILES string of the molecule is COc1ccc(C(NC(=O)C2CC(=O)N(c3ccc(C)cc3)C2)C(=O)O)cc1. The van der Waals surface area contributed by atoms with Gasteiger partial charge >= 0.3 is 5.97 Å². The van der Waals surface area contributed by atoms with Gasteiger partial charge in [0.1, 0.15) is 5.75 Å². The Morgan fingerprint density at radius 1 is 1.14 bits per heavy atom. The van der Waals surface area contributed by atoms with Gasteiger partial charge in [-0.15, -0.1) is 0 Å². The number of nitrogens with zero attached hydrogens (tertiary/aromatic N) is 1. The number of carbonyl (C=O) groups is 3. The van der Waals surface area contributed by atoms with E-state index in [1.807, 2.05) is 31.2 Å². The molecule has 3 rings (SSSR count). The summed E-state index contributed by atoms with van der Waals surface area (Å²) < 4.78 is 5.07. The molecule has 0 bridgehead atoms. The number of amides is 2. The molecule has 2 aromatic carbocycles. The Bertz CT molecular complexity index is 877. The van der Waals surface area contributed by atoms with Crippen LogP contribution < -0.4 is 15.0 Å². The van der Waals surface area contributed by atoms with Crippen LogP contribution in [0.4, 0.5) is 5.69 Å². The summed E-state index contributed by atoms with van der Waals surface area (Å²) in [6, 6.07) is 12.7. The van der Waals surface area contributed by atoms with Gasteiger partial charge in [-0.05, 0) is 36.8 Å². The molecule has 2 N–H and O–H groups in total. The summed E-state index contributed by atoms with van der Waals surface area (Å²) in [5.41, 5.74) is 2.24. The fourth-order valence-corrected chi connectivity index (χ4v) is 3.20. The lowest BCUT2D eigenvalue weighted by Crippen LogP contribution is -2.38. The van der Waals surface area contributed by atoms with Crippen molar-refractivity contribution >= 4 is 23.5 Å². The molecule has 2 unspecified atom stereocenters. The Labute approximate surface area is 162 Å². The Morgan fingerprint density at radius 2 is 1.79 bits per heavy atom. The number of carboxylic acids is 1. The zero-order valence-corrected chi connectivity index (χ0v) is 15.7. The molecule has 7 nitrogen and oxygen atoms in total. The first-order valence-electron chi connectivity index (χ1n) is 8.93. The smallest absolute Gasteiger partial charge is 0.330 e. The zero-order chi connectivity index (χ0) is 20.3. The first-order valence-corrected chi connectivity index (χ1v) is 8.93. The number of carbonyl (C=O) groups excluding carboxylic acids is 2. The van der Waals surface area contributed by atoms with Gasteiger partial charge < -0.3 is 20.1 Å². The Kier molecular flexibility index (Phi) is 5.63. The van der Waals surface area contributed by atoms with Crippen LogP contribution in [-0.4, -0.2) is 36.5 Å². The van der Waals surface area contributed by atoms with E-state index in [4.69, 9.17) is 4.74 Å². The molecular weight excluding hydrogens is 360 g/mol. The average molecular weight is 382 g/mol. The Morgan fingerprint density at radius 3 is 2.36 bits per heavy atom. The molecule has 1 aliphatic heterocycles. The van der Waals surface area contributed by atoms with Crippen molar-refractivity contribution in [3.05, 3.63) is 59.7 Å². The molecule has 0 aromatic heterocycles. The second-order valence-corrected chi connectivity index (χ2v) is 6.79. The Balaban J connectivity index is 1.71. The molecule has 7 heteroatoms. The summed E-state index contributed by atoms with van der Waals surface area (Å²) in [7, 11) is 1.52. The first kappa shape index (κ1) is 19.4. The summed E-state index contributed by atoms with van der Waals surface area (Å²) in [6.45, 7) is 2.18. The van der Waals surface area contributed by atoms with Crippen LogP contribution in [0.25, 0.3) is 0 Å². The van der Waals surface area contributed by atoms with Crippen LogP contribution in [0.1, 0.15) is 23.6 Å². The lowest BCUT2D eigenvalue weighted by atomic mass is 10.0. The average Bonchev–Trinajstić information content (AvgIpc) is 3.08. The zero-order valence-electron chi connectivity index (χ0n) is 15.7. The van der Waals surface area contributed by atoms with Gasteiger partial charge in [-0.3, -0.25) is 9.59 Å². The van der Waals surface area contributed by atoms with E-state index >= 15 is 0 Å². The highest BCUT2D eigenvalue weighted by Gasteiger charge is 2.36. The van der Waals surface area contributed by atoms with Crippen molar-refractivity contribution in [3.8, 4) is 5.75 Å². The van der Waals surface area contributed by atoms with Crippen molar-refractivity contribution in [2.45, 2.75) is 19.4 Å². The number of rotatable bonds is 6. The third-order valence-electron chi connectivity index (χ3n) is 4.82.